The molecule has 2 aromatic rings. The number of aromatic nitrogens is 1. The van der Waals surface area contributed by atoms with Gasteiger partial charge in [-0.15, -0.1) is 11.3 Å². The molecule has 0 saturated heterocycles. The van der Waals surface area contributed by atoms with Gasteiger partial charge in [-0.1, -0.05) is 6.42 Å². The van der Waals surface area contributed by atoms with Crippen molar-refractivity contribution in [1.29, 1.82) is 0 Å². The molecule has 27 heavy (non-hydrogen) atoms. The van der Waals surface area contributed by atoms with Crippen LogP contribution in [0.5, 0.6) is 5.75 Å². The van der Waals surface area contributed by atoms with Crippen molar-refractivity contribution in [2.75, 3.05) is 19.0 Å². The van der Waals surface area contributed by atoms with E-state index in [1.807, 2.05) is 0 Å². The molecule has 0 bridgehead atoms. The lowest BCUT2D eigenvalue weighted by Crippen LogP contribution is -2.27. The molecule has 1 aromatic carbocycles. The Balaban J connectivity index is 1.50. The Bertz CT molecular complexity index is 868. The van der Waals surface area contributed by atoms with Gasteiger partial charge in [-0.05, 0) is 49.9 Å². The van der Waals surface area contributed by atoms with Crippen molar-refractivity contribution in [2.24, 2.45) is 0 Å². The number of hydrogen-bond acceptors (Lipinski definition) is 6. The number of methoxy groups -OCH3 is 1. The van der Waals surface area contributed by atoms with Gasteiger partial charge in [-0.25, -0.2) is 18.1 Å². The molecule has 0 saturated carbocycles. The number of amides is 1. The Morgan fingerprint density at radius 2 is 1.93 bits per heavy atom. The summed E-state index contributed by atoms with van der Waals surface area (Å²) in [6, 6.07) is 6.08. The summed E-state index contributed by atoms with van der Waals surface area (Å²) in [5.74, 6) is 0.325. The summed E-state index contributed by atoms with van der Waals surface area (Å²) in [6.07, 6.45) is 5.54. The number of thiazole rings is 1. The summed E-state index contributed by atoms with van der Waals surface area (Å²) in [6.45, 7) is 0.0191. The van der Waals surface area contributed by atoms with E-state index in [9.17, 15) is 13.2 Å². The number of carbonyl (C=O) groups excluding carboxylic acids is 1. The predicted octanol–water partition coefficient (Wildman–Crippen LogP) is 2.73. The number of carbonyl (C=O) groups is 1. The Morgan fingerprint density at radius 1 is 1.19 bits per heavy atom. The predicted molar refractivity (Wildman–Crippen MR) is 105 cm³/mol. The Kier molecular flexibility index (Phi) is 6.46. The first-order valence-electron chi connectivity index (χ1n) is 8.90. The number of hydrogen-bond donors (Lipinski definition) is 2. The van der Waals surface area contributed by atoms with Crippen LogP contribution in [-0.4, -0.2) is 33.0 Å². The monoisotopic (exact) mass is 409 g/mol. The third-order valence-electron chi connectivity index (χ3n) is 4.36. The highest BCUT2D eigenvalue weighted by Crippen LogP contribution is 2.28. The standard InChI is InChI=1S/C18H23N3O4S2/c1-25-13-7-9-14(10-8-13)27(23,24)19-12-11-17(22)21-18-20-15-5-3-2-4-6-16(15)26-18/h7-10,19H,2-6,11-12H2,1H3,(H,20,21,22). The molecule has 0 unspecified atom stereocenters. The Labute approximate surface area is 163 Å². The molecular formula is C18H23N3O4S2. The lowest BCUT2D eigenvalue weighted by atomic mass is 10.2. The summed E-state index contributed by atoms with van der Waals surface area (Å²) in [4.78, 5) is 18.0. The van der Waals surface area contributed by atoms with Gasteiger partial charge in [0.1, 0.15) is 5.75 Å². The van der Waals surface area contributed by atoms with Gasteiger partial charge in [0.05, 0.1) is 17.7 Å². The van der Waals surface area contributed by atoms with Crippen LogP contribution in [0.2, 0.25) is 0 Å². The van der Waals surface area contributed by atoms with Gasteiger partial charge >= 0.3 is 0 Å². The lowest BCUT2D eigenvalue weighted by molar-refractivity contribution is -0.116. The lowest BCUT2D eigenvalue weighted by Gasteiger charge is -2.07. The number of fused-ring (bicyclic) bond motifs is 1. The van der Waals surface area contributed by atoms with Crippen LogP contribution in [0.4, 0.5) is 5.13 Å². The van der Waals surface area contributed by atoms with E-state index in [2.05, 4.69) is 15.0 Å². The highest BCUT2D eigenvalue weighted by atomic mass is 32.2. The van der Waals surface area contributed by atoms with Gasteiger partial charge in [0.15, 0.2) is 5.13 Å². The van der Waals surface area contributed by atoms with Crippen LogP contribution in [0.1, 0.15) is 36.3 Å². The fourth-order valence-corrected chi connectivity index (χ4v) is 5.00. The van der Waals surface area contributed by atoms with Crippen LogP contribution < -0.4 is 14.8 Å². The summed E-state index contributed by atoms with van der Waals surface area (Å²) in [7, 11) is -2.14. The van der Waals surface area contributed by atoms with Gasteiger partial charge in [-0.2, -0.15) is 0 Å². The maximum atomic E-state index is 12.2. The summed E-state index contributed by atoms with van der Waals surface area (Å²) >= 11 is 1.52. The molecule has 1 aromatic heterocycles. The molecule has 0 aliphatic heterocycles. The average molecular weight is 410 g/mol. The minimum absolute atomic E-state index is 0.0191. The fraction of sp³-hybridized carbons (Fsp3) is 0.444. The van der Waals surface area contributed by atoms with E-state index < -0.39 is 10.0 Å². The van der Waals surface area contributed by atoms with Crippen LogP contribution in [0, 0.1) is 0 Å². The molecule has 0 radical (unpaired) electrons. The van der Waals surface area contributed by atoms with Crippen molar-refractivity contribution in [2.45, 2.75) is 43.4 Å². The maximum Gasteiger partial charge on any atom is 0.240 e. The van der Waals surface area contributed by atoms with Gasteiger partial charge in [-0.3, -0.25) is 4.79 Å². The molecule has 2 N–H and O–H groups in total. The molecule has 1 heterocycles. The first kappa shape index (κ1) is 19.8. The van der Waals surface area contributed by atoms with Gasteiger partial charge < -0.3 is 10.1 Å². The summed E-state index contributed by atoms with van der Waals surface area (Å²) in [5.41, 5.74) is 1.09. The van der Waals surface area contributed by atoms with Gasteiger partial charge in [0.2, 0.25) is 15.9 Å². The average Bonchev–Trinajstić information content (AvgIpc) is 2.89. The van der Waals surface area contributed by atoms with Crippen molar-refractivity contribution in [3.05, 3.63) is 34.8 Å². The van der Waals surface area contributed by atoms with Crippen molar-refractivity contribution < 1.29 is 17.9 Å². The molecule has 1 aliphatic carbocycles. The van der Waals surface area contributed by atoms with Crippen LogP contribution in [0.15, 0.2) is 29.2 Å². The minimum Gasteiger partial charge on any atom is -0.497 e. The zero-order valence-electron chi connectivity index (χ0n) is 15.2. The number of nitrogens with zero attached hydrogens (tertiary/aromatic N) is 1. The molecular weight excluding hydrogens is 386 g/mol. The number of sulfonamides is 1. The molecule has 1 amide bonds. The molecule has 0 spiro atoms. The van der Waals surface area contributed by atoms with Crippen molar-refractivity contribution >= 4 is 32.4 Å². The van der Waals surface area contributed by atoms with Gasteiger partial charge in [0, 0.05) is 17.8 Å². The van der Waals surface area contributed by atoms with E-state index in [1.54, 1.807) is 12.1 Å². The Hall–Kier alpha value is -1.97. The smallest absolute Gasteiger partial charge is 0.240 e. The molecule has 9 heteroatoms. The van der Waals surface area contributed by atoms with Crippen LogP contribution in [0.25, 0.3) is 0 Å². The quantitative estimate of drug-likeness (QED) is 0.686. The number of aryl methyl sites for hydroxylation is 2. The topological polar surface area (TPSA) is 97.4 Å². The largest absolute Gasteiger partial charge is 0.497 e. The summed E-state index contributed by atoms with van der Waals surface area (Å²) in [5, 5.41) is 3.38. The zero-order chi connectivity index (χ0) is 19.3. The highest BCUT2D eigenvalue weighted by Gasteiger charge is 2.17. The van der Waals surface area contributed by atoms with Crippen molar-refractivity contribution in [1.82, 2.24) is 9.71 Å². The number of rotatable bonds is 7. The molecule has 3 rings (SSSR count). The molecule has 1 aliphatic rings. The molecule has 7 nitrogen and oxygen atoms in total. The van der Waals surface area contributed by atoms with Crippen molar-refractivity contribution in [3.8, 4) is 5.75 Å². The first-order chi connectivity index (χ1) is 13.0. The normalized spacial score (nSPS) is 14.3. The fourth-order valence-electron chi connectivity index (χ4n) is 2.90. The van der Waals surface area contributed by atoms with Crippen LogP contribution in [-0.2, 0) is 27.7 Å². The van der Waals surface area contributed by atoms with Crippen molar-refractivity contribution in [3.63, 3.8) is 0 Å². The number of nitrogens with one attached hydrogen (secondary N) is 2. The summed E-state index contributed by atoms with van der Waals surface area (Å²) < 4.78 is 31.9. The second-order valence-corrected chi connectivity index (χ2v) is 9.17. The first-order valence-corrected chi connectivity index (χ1v) is 11.2. The van der Waals surface area contributed by atoms with E-state index in [0.717, 1.165) is 31.4 Å². The number of benzene rings is 1. The van der Waals surface area contributed by atoms with E-state index in [-0.39, 0.29) is 23.8 Å². The van der Waals surface area contributed by atoms with Crippen LogP contribution >= 0.6 is 11.3 Å². The SMILES string of the molecule is COc1ccc(S(=O)(=O)NCCC(=O)Nc2nc3c(s2)CCCCC3)cc1. The number of anilines is 1. The maximum absolute atomic E-state index is 12.2. The molecule has 0 fully saturated rings. The Morgan fingerprint density at radius 3 is 2.67 bits per heavy atom. The molecule has 0 atom stereocenters. The molecule has 146 valence electrons. The third kappa shape index (κ3) is 5.27. The zero-order valence-corrected chi connectivity index (χ0v) is 16.8. The second-order valence-electron chi connectivity index (χ2n) is 6.32. The van der Waals surface area contributed by atoms with E-state index in [0.29, 0.717) is 10.9 Å². The number of ether oxygens (including phenoxy) is 1. The van der Waals surface area contributed by atoms with Crippen LogP contribution in [0.3, 0.4) is 0 Å². The van der Waals surface area contributed by atoms with Gasteiger partial charge in [0.25, 0.3) is 0 Å². The highest BCUT2D eigenvalue weighted by molar-refractivity contribution is 7.89. The van der Waals surface area contributed by atoms with E-state index in [1.165, 1.54) is 41.9 Å². The second kappa shape index (κ2) is 8.81. The minimum atomic E-state index is -3.66. The van der Waals surface area contributed by atoms with E-state index in [4.69, 9.17) is 4.74 Å². The van der Waals surface area contributed by atoms with E-state index >= 15 is 0 Å². The third-order valence-corrected chi connectivity index (χ3v) is 6.91.